The van der Waals surface area contributed by atoms with Crippen LogP contribution in [0, 0.1) is 27.7 Å². The summed E-state index contributed by atoms with van der Waals surface area (Å²) in [5.74, 6) is 0. The minimum absolute atomic E-state index is 0. The molecule has 5 heteroatoms. The second-order valence-corrected chi connectivity index (χ2v) is 4.38. The molecule has 81 valence electrons. The second-order valence-electron chi connectivity index (χ2n) is 2.85. The predicted molar refractivity (Wildman–Crippen MR) is 48.6 cm³/mol. The van der Waals surface area contributed by atoms with Crippen molar-refractivity contribution in [3.63, 3.8) is 0 Å². The van der Waals surface area contributed by atoms with Crippen molar-refractivity contribution in [2.24, 2.45) is 0 Å². The van der Waals surface area contributed by atoms with E-state index in [0.717, 1.165) is 23.4 Å². The molecule has 0 aliphatic rings. The van der Waals surface area contributed by atoms with E-state index in [-0.39, 0.29) is 29.9 Å². The summed E-state index contributed by atoms with van der Waals surface area (Å²) in [6, 6.07) is 2.24. The van der Waals surface area contributed by atoms with Crippen LogP contribution in [0.3, 0.4) is 0 Å². The summed E-state index contributed by atoms with van der Waals surface area (Å²) >= 11 is 1.05. The zero-order valence-electron chi connectivity index (χ0n) is 8.69. The van der Waals surface area contributed by atoms with Crippen LogP contribution in [-0.4, -0.2) is 0 Å². The fourth-order valence-corrected chi connectivity index (χ4v) is 1.13. The van der Waals surface area contributed by atoms with Gasteiger partial charge in [-0.15, -0.1) is 0 Å². The largest absolute Gasteiger partial charge is 1.00 e. The van der Waals surface area contributed by atoms with Crippen LogP contribution < -0.4 is 24.8 Å². The molecule has 0 N–H and O–H groups in total. The Morgan fingerprint density at radius 1 is 1.00 bits per heavy atom. The molecule has 0 bridgehead atoms. The summed E-state index contributed by atoms with van der Waals surface area (Å²) in [4.78, 5) is 0. The monoisotopic (exact) mass is 328 g/mol. The minimum Gasteiger partial charge on any atom is -1.00 e. The molecule has 0 aliphatic carbocycles. The van der Waals surface area contributed by atoms with Crippen LogP contribution in [-0.2, 0) is 27.9 Å². The summed E-state index contributed by atoms with van der Waals surface area (Å²) in [7, 11) is 0. The average molecular weight is 330 g/mol. The average Bonchev–Trinajstić information content (AvgIpc) is 2.20. The fraction of sp³-hybridized carbons (Fsp3) is 0.444. The second kappa shape index (κ2) is 10.6. The van der Waals surface area contributed by atoms with Crippen molar-refractivity contribution in [3.8, 4) is 0 Å². The first-order chi connectivity index (χ1) is 5.54. The van der Waals surface area contributed by atoms with Crippen molar-refractivity contribution in [1.29, 1.82) is 0 Å². The third-order valence-electron chi connectivity index (χ3n) is 2.18. The van der Waals surface area contributed by atoms with Gasteiger partial charge in [0, 0.05) is 0 Å². The number of aryl methyl sites for hydroxylation is 2. The Labute approximate surface area is 113 Å². The third-order valence-corrected chi connectivity index (χ3v) is 2.18. The normalized spacial score (nSPS) is 7.57. The van der Waals surface area contributed by atoms with Gasteiger partial charge in [-0.25, -0.2) is 0 Å². The third kappa shape index (κ3) is 6.51. The van der Waals surface area contributed by atoms with Crippen LogP contribution in [0.15, 0.2) is 6.07 Å². The van der Waals surface area contributed by atoms with Gasteiger partial charge in [-0.1, -0.05) is 27.7 Å². The molecule has 1 rings (SSSR count). The van der Waals surface area contributed by atoms with Crippen molar-refractivity contribution in [2.75, 3.05) is 0 Å². The quantitative estimate of drug-likeness (QED) is 0.376. The van der Waals surface area contributed by atoms with Crippen LogP contribution in [0.2, 0.25) is 0 Å². The Bertz CT molecular complexity index is 323. The summed E-state index contributed by atoms with van der Waals surface area (Å²) in [6.07, 6.45) is 0. The van der Waals surface area contributed by atoms with Gasteiger partial charge in [-0.3, -0.25) is 0 Å². The van der Waals surface area contributed by atoms with E-state index in [1.54, 1.807) is 0 Å². The number of halogens is 2. The van der Waals surface area contributed by atoms with E-state index in [0.29, 0.717) is 0 Å². The van der Waals surface area contributed by atoms with E-state index >= 15 is 0 Å². The minimum atomic E-state index is 0. The first-order valence-corrected chi connectivity index (χ1v) is 7.84. The van der Waals surface area contributed by atoms with Gasteiger partial charge in [-0.05, 0) is 0 Å². The van der Waals surface area contributed by atoms with E-state index in [1.807, 2.05) is 0 Å². The van der Waals surface area contributed by atoms with Gasteiger partial charge >= 0.3 is 33.0 Å². The van der Waals surface area contributed by atoms with Crippen molar-refractivity contribution in [1.82, 2.24) is 0 Å². The molecule has 0 unspecified atom stereocenters. The molecule has 0 fully saturated rings. The zero-order valence-corrected chi connectivity index (χ0v) is 13.6. The first kappa shape index (κ1) is 20.5. The van der Waals surface area contributed by atoms with Crippen molar-refractivity contribution in [2.45, 2.75) is 27.7 Å². The summed E-state index contributed by atoms with van der Waals surface area (Å²) in [5.41, 5.74) is 5.75. The molecular formula is C9H13Cl2OPZr-3. The van der Waals surface area contributed by atoms with Gasteiger partial charge in [0.2, 0.25) is 0 Å². The summed E-state index contributed by atoms with van der Waals surface area (Å²) in [5, 5.41) is 0.257. The molecule has 0 saturated heterocycles. The Kier molecular flexibility index (Phi) is 15.4. The van der Waals surface area contributed by atoms with Gasteiger partial charge < -0.3 is 24.8 Å². The van der Waals surface area contributed by atoms with Crippen LogP contribution in [0.5, 0.6) is 0 Å². The molecule has 0 amide bonds. The number of rotatable bonds is 0. The molecule has 0 radical (unpaired) electrons. The van der Waals surface area contributed by atoms with Gasteiger partial charge in [0.05, 0.1) is 0 Å². The van der Waals surface area contributed by atoms with Gasteiger partial charge in [0.15, 0.2) is 0 Å². The van der Waals surface area contributed by atoms with Gasteiger partial charge in [0.1, 0.15) is 0 Å². The molecular weight excluding hydrogens is 317 g/mol. The van der Waals surface area contributed by atoms with E-state index in [2.05, 4.69) is 33.8 Å². The Hall–Kier alpha value is 1.04. The smallest absolute Gasteiger partial charge is 1.00 e. The maximum atomic E-state index is 8.94. The van der Waals surface area contributed by atoms with Gasteiger partial charge in [0.25, 0.3) is 0 Å². The van der Waals surface area contributed by atoms with Crippen molar-refractivity contribution < 1.29 is 52.8 Å². The van der Waals surface area contributed by atoms with Crippen LogP contribution >= 0.6 is 5.05 Å². The number of hydrogen-bond donors (Lipinski definition) is 0. The van der Waals surface area contributed by atoms with Crippen LogP contribution in [0.25, 0.3) is 0 Å². The SMILES string of the molecule is Cc1[cH-]c(C)c(C)c1C.O=[P]#[Zr].[Cl-].[Cl-]. The molecule has 0 aromatic heterocycles. The predicted octanol–water partition coefficient (Wildman–Crippen LogP) is -2.61. The molecule has 1 aromatic carbocycles. The molecule has 0 spiro atoms. The van der Waals surface area contributed by atoms with E-state index < -0.39 is 0 Å². The molecule has 1 aromatic rings. The molecule has 0 aliphatic heterocycles. The van der Waals surface area contributed by atoms with Crippen LogP contribution in [0.1, 0.15) is 22.3 Å². The summed E-state index contributed by atoms with van der Waals surface area (Å²) in [6.45, 7) is 8.68. The van der Waals surface area contributed by atoms with Gasteiger partial charge in [-0.2, -0.15) is 28.3 Å². The molecule has 0 heterocycles. The zero-order chi connectivity index (χ0) is 9.72. The van der Waals surface area contributed by atoms with E-state index in [1.165, 1.54) is 22.3 Å². The van der Waals surface area contributed by atoms with Crippen LogP contribution in [0.4, 0.5) is 0 Å². The Balaban J connectivity index is -0.000000218. The molecule has 1 nitrogen and oxygen atoms in total. The first-order valence-electron chi connectivity index (χ1n) is 3.73. The Morgan fingerprint density at radius 2 is 1.21 bits per heavy atom. The molecule has 14 heavy (non-hydrogen) atoms. The van der Waals surface area contributed by atoms with Crippen molar-refractivity contribution >= 4 is 5.05 Å². The van der Waals surface area contributed by atoms with E-state index in [9.17, 15) is 0 Å². The molecule has 0 saturated carbocycles. The maximum absolute atomic E-state index is 8.94. The topological polar surface area (TPSA) is 17.1 Å². The standard InChI is InChI=1S/C9H13.2ClH.OP.Zr/c1-6-5-7(2)9(4)8(6)3;;;1-2;/h5H,1-4H3;2*1H;;/q-1;;;-1;+1/p-2. The maximum Gasteiger partial charge on any atom is -1.00 e. The summed E-state index contributed by atoms with van der Waals surface area (Å²) < 4.78 is 8.94. The number of hydrogen-bond acceptors (Lipinski definition) is 1. The van der Waals surface area contributed by atoms with Crippen molar-refractivity contribution in [3.05, 3.63) is 28.3 Å². The Morgan fingerprint density at radius 3 is 1.29 bits per heavy atom. The van der Waals surface area contributed by atoms with E-state index in [4.69, 9.17) is 4.57 Å². The fourth-order valence-electron chi connectivity index (χ4n) is 1.13. The molecule has 0 atom stereocenters.